The van der Waals surface area contributed by atoms with Crippen molar-refractivity contribution in [3.63, 3.8) is 0 Å². The zero-order valence-electron chi connectivity index (χ0n) is 17.8. The van der Waals surface area contributed by atoms with Crippen LogP contribution in [0.1, 0.15) is 35.8 Å². The standard InChI is InChI=1S/C23H20F3N5O2/c1-22(2,18-12-17(29-30-18)14-7-4-3-5-8-14)13-27-20(32)16-10-6-9-15(11-16)19-28-21(33-31-19)23(24,25)26/h3-12H,13H2,1-2H3,(H,27,32)(H,29,30). The number of aromatic amines is 1. The minimum atomic E-state index is -4.74. The molecule has 0 aliphatic carbocycles. The average molecular weight is 455 g/mol. The number of nitrogens with one attached hydrogen (secondary N) is 2. The minimum absolute atomic E-state index is 0.238. The molecule has 0 saturated heterocycles. The van der Waals surface area contributed by atoms with Crippen LogP contribution in [-0.2, 0) is 11.6 Å². The Morgan fingerprint density at radius 3 is 2.45 bits per heavy atom. The average Bonchev–Trinajstić information content (AvgIpc) is 3.49. The van der Waals surface area contributed by atoms with Crippen molar-refractivity contribution < 1.29 is 22.5 Å². The van der Waals surface area contributed by atoms with E-state index in [-0.39, 0.29) is 22.9 Å². The number of nitrogens with zero attached hydrogens (tertiary/aromatic N) is 3. The molecule has 0 spiro atoms. The molecule has 2 N–H and O–H groups in total. The lowest BCUT2D eigenvalue weighted by Gasteiger charge is -2.23. The molecular formula is C23H20F3N5O2. The molecule has 0 saturated carbocycles. The number of H-pyrrole nitrogens is 1. The van der Waals surface area contributed by atoms with Gasteiger partial charge in [-0.25, -0.2) is 0 Å². The van der Waals surface area contributed by atoms with E-state index in [0.717, 1.165) is 17.0 Å². The quantitative estimate of drug-likeness (QED) is 0.433. The van der Waals surface area contributed by atoms with Crippen molar-refractivity contribution in [2.45, 2.75) is 25.4 Å². The van der Waals surface area contributed by atoms with Crippen molar-refractivity contribution in [1.82, 2.24) is 25.7 Å². The molecule has 0 aliphatic heterocycles. The second-order valence-electron chi connectivity index (χ2n) is 8.10. The maximum atomic E-state index is 12.7. The van der Waals surface area contributed by atoms with Crippen LogP contribution in [0.5, 0.6) is 0 Å². The molecule has 0 fully saturated rings. The Morgan fingerprint density at radius 1 is 1.03 bits per heavy atom. The monoisotopic (exact) mass is 455 g/mol. The lowest BCUT2D eigenvalue weighted by atomic mass is 9.88. The van der Waals surface area contributed by atoms with Crippen LogP contribution in [0.15, 0.2) is 65.2 Å². The van der Waals surface area contributed by atoms with Crippen molar-refractivity contribution >= 4 is 5.91 Å². The van der Waals surface area contributed by atoms with Gasteiger partial charge in [0, 0.05) is 34.3 Å². The molecule has 10 heteroatoms. The fourth-order valence-electron chi connectivity index (χ4n) is 3.18. The van der Waals surface area contributed by atoms with Gasteiger partial charge < -0.3 is 9.84 Å². The molecule has 4 rings (SSSR count). The van der Waals surface area contributed by atoms with Gasteiger partial charge in [-0.15, -0.1) is 0 Å². The number of aromatic nitrogens is 4. The van der Waals surface area contributed by atoms with Crippen LogP contribution in [0.3, 0.4) is 0 Å². The smallest absolute Gasteiger partial charge is 0.351 e. The van der Waals surface area contributed by atoms with Crippen LogP contribution >= 0.6 is 0 Å². The summed E-state index contributed by atoms with van der Waals surface area (Å²) in [5.41, 5.74) is 2.67. The molecule has 2 aromatic carbocycles. The Hall–Kier alpha value is -3.95. The summed E-state index contributed by atoms with van der Waals surface area (Å²) in [4.78, 5) is 16.1. The van der Waals surface area contributed by atoms with Crippen molar-refractivity contribution in [3.05, 3.63) is 77.8 Å². The number of hydrogen-bond acceptors (Lipinski definition) is 5. The van der Waals surface area contributed by atoms with Gasteiger partial charge in [-0.1, -0.05) is 61.5 Å². The molecule has 7 nitrogen and oxygen atoms in total. The summed E-state index contributed by atoms with van der Waals surface area (Å²) in [6, 6.07) is 17.7. The highest BCUT2D eigenvalue weighted by atomic mass is 19.4. The first-order valence-corrected chi connectivity index (χ1v) is 10.0. The van der Waals surface area contributed by atoms with Crippen LogP contribution in [0.2, 0.25) is 0 Å². The Labute approximate surface area is 187 Å². The third-order valence-electron chi connectivity index (χ3n) is 5.12. The molecule has 170 valence electrons. The molecule has 0 unspecified atom stereocenters. The summed E-state index contributed by atoms with van der Waals surface area (Å²) < 4.78 is 42.4. The predicted octanol–water partition coefficient (Wildman–Crippen LogP) is 4.85. The van der Waals surface area contributed by atoms with E-state index in [4.69, 9.17) is 0 Å². The maximum absolute atomic E-state index is 12.7. The summed E-state index contributed by atoms with van der Waals surface area (Å²) in [5.74, 6) is -2.07. The van der Waals surface area contributed by atoms with Crippen LogP contribution in [0, 0.1) is 0 Å². The first-order valence-electron chi connectivity index (χ1n) is 10.0. The Kier molecular flexibility index (Phi) is 5.75. The summed E-state index contributed by atoms with van der Waals surface area (Å²) in [5, 5.41) is 13.6. The Bertz CT molecular complexity index is 1260. The number of halogens is 3. The molecule has 2 aromatic heterocycles. The number of amides is 1. The zero-order valence-corrected chi connectivity index (χ0v) is 17.8. The fourth-order valence-corrected chi connectivity index (χ4v) is 3.18. The number of carbonyl (C=O) groups is 1. The summed E-state index contributed by atoms with van der Waals surface area (Å²) in [6.45, 7) is 4.22. The molecule has 1 amide bonds. The zero-order chi connectivity index (χ0) is 23.6. The van der Waals surface area contributed by atoms with Gasteiger partial charge in [0.15, 0.2) is 0 Å². The SMILES string of the molecule is CC(C)(CNC(=O)c1cccc(-c2noc(C(F)(F)F)n2)c1)c1cc(-c2ccccc2)n[nH]1. The van der Waals surface area contributed by atoms with E-state index in [1.807, 2.05) is 50.2 Å². The largest absolute Gasteiger partial charge is 0.471 e. The molecule has 4 aromatic rings. The molecule has 33 heavy (non-hydrogen) atoms. The van der Waals surface area contributed by atoms with Crippen LogP contribution in [0.4, 0.5) is 13.2 Å². The lowest BCUT2D eigenvalue weighted by molar-refractivity contribution is -0.159. The van der Waals surface area contributed by atoms with Crippen molar-refractivity contribution in [1.29, 1.82) is 0 Å². The lowest BCUT2D eigenvalue weighted by Crippen LogP contribution is -2.37. The summed E-state index contributed by atoms with van der Waals surface area (Å²) in [6.07, 6.45) is -4.74. The van der Waals surface area contributed by atoms with Gasteiger partial charge in [0.05, 0.1) is 5.69 Å². The third-order valence-corrected chi connectivity index (χ3v) is 5.12. The van der Waals surface area contributed by atoms with Crippen LogP contribution in [-0.4, -0.2) is 32.8 Å². The summed E-state index contributed by atoms with van der Waals surface area (Å²) >= 11 is 0. The van der Waals surface area contributed by atoms with E-state index in [1.54, 1.807) is 12.1 Å². The predicted molar refractivity (Wildman–Crippen MR) is 114 cm³/mol. The molecule has 0 atom stereocenters. The highest BCUT2D eigenvalue weighted by Crippen LogP contribution is 2.30. The highest BCUT2D eigenvalue weighted by molar-refractivity contribution is 5.95. The first-order chi connectivity index (χ1) is 15.6. The number of benzene rings is 2. The third kappa shape index (κ3) is 4.94. The van der Waals surface area contributed by atoms with E-state index in [1.165, 1.54) is 12.1 Å². The van der Waals surface area contributed by atoms with E-state index in [9.17, 15) is 18.0 Å². The molecule has 0 bridgehead atoms. The van der Waals surface area contributed by atoms with E-state index < -0.39 is 17.5 Å². The molecular weight excluding hydrogens is 435 g/mol. The molecule has 0 aliphatic rings. The van der Waals surface area contributed by atoms with Crippen molar-refractivity contribution in [2.24, 2.45) is 0 Å². The van der Waals surface area contributed by atoms with Gasteiger partial charge >= 0.3 is 12.1 Å². The van der Waals surface area contributed by atoms with E-state index in [2.05, 4.69) is 30.2 Å². The fraction of sp³-hybridized carbons (Fsp3) is 0.217. The number of alkyl halides is 3. The van der Waals surface area contributed by atoms with Crippen LogP contribution < -0.4 is 5.32 Å². The maximum Gasteiger partial charge on any atom is 0.471 e. The molecule has 2 heterocycles. The highest BCUT2D eigenvalue weighted by Gasteiger charge is 2.38. The number of hydrogen-bond donors (Lipinski definition) is 2. The van der Waals surface area contributed by atoms with Crippen molar-refractivity contribution in [2.75, 3.05) is 6.54 Å². The Balaban J connectivity index is 1.45. The second-order valence-corrected chi connectivity index (χ2v) is 8.10. The van der Waals surface area contributed by atoms with Crippen LogP contribution in [0.25, 0.3) is 22.6 Å². The summed E-state index contributed by atoms with van der Waals surface area (Å²) in [7, 11) is 0. The number of rotatable bonds is 6. The van der Waals surface area contributed by atoms with E-state index >= 15 is 0 Å². The minimum Gasteiger partial charge on any atom is -0.351 e. The molecule has 0 radical (unpaired) electrons. The van der Waals surface area contributed by atoms with Gasteiger partial charge in [0.25, 0.3) is 5.91 Å². The van der Waals surface area contributed by atoms with Gasteiger partial charge in [-0.2, -0.15) is 23.3 Å². The normalized spacial score (nSPS) is 12.0. The van der Waals surface area contributed by atoms with Gasteiger partial charge in [0.1, 0.15) is 0 Å². The topological polar surface area (TPSA) is 96.7 Å². The van der Waals surface area contributed by atoms with Gasteiger partial charge in [-0.05, 0) is 18.2 Å². The van der Waals surface area contributed by atoms with E-state index in [0.29, 0.717) is 6.54 Å². The van der Waals surface area contributed by atoms with Crippen molar-refractivity contribution in [3.8, 4) is 22.6 Å². The number of carbonyl (C=O) groups excluding carboxylic acids is 1. The van der Waals surface area contributed by atoms with Gasteiger partial charge in [-0.3, -0.25) is 9.89 Å². The van der Waals surface area contributed by atoms with Gasteiger partial charge in [0.2, 0.25) is 5.82 Å². The first kappa shape index (κ1) is 22.3. The second kappa shape index (κ2) is 8.53. The Morgan fingerprint density at radius 2 is 1.76 bits per heavy atom.